The van der Waals surface area contributed by atoms with Gasteiger partial charge in [0.15, 0.2) is 0 Å². The molecule has 0 radical (unpaired) electrons. The predicted octanol–water partition coefficient (Wildman–Crippen LogP) is 4.15. The van der Waals surface area contributed by atoms with Crippen LogP contribution in [0.25, 0.3) is 5.76 Å². The van der Waals surface area contributed by atoms with E-state index in [1.807, 2.05) is 13.8 Å². The molecule has 1 aliphatic heterocycles. The first kappa shape index (κ1) is 24.2. The average Bonchev–Trinajstić information content (AvgIpc) is 3.08. The summed E-state index contributed by atoms with van der Waals surface area (Å²) in [6.07, 6.45) is 1.62. The van der Waals surface area contributed by atoms with E-state index < -0.39 is 23.5 Å². The number of likely N-dealkylation sites (tertiary alicyclic amines) is 1. The Kier molecular flexibility index (Phi) is 8.01. The van der Waals surface area contributed by atoms with Crippen LogP contribution in [0.2, 0.25) is 0 Å². The maximum atomic E-state index is 13.6. The van der Waals surface area contributed by atoms with Gasteiger partial charge in [-0.05, 0) is 55.1 Å². The number of Topliss-reactive ketones (excluding diaryl/α,β-unsaturated/α-hetero) is 1. The molecule has 1 saturated heterocycles. The van der Waals surface area contributed by atoms with Gasteiger partial charge in [-0.1, -0.05) is 38.6 Å². The summed E-state index contributed by atoms with van der Waals surface area (Å²) in [5, 5.41) is 11.1. The molecule has 0 aliphatic carbocycles. The smallest absolute Gasteiger partial charge is 0.295 e. The molecule has 1 atom stereocenters. The molecule has 1 fully saturated rings. The fourth-order valence-corrected chi connectivity index (χ4v) is 3.91. The third-order valence-corrected chi connectivity index (χ3v) is 5.77. The van der Waals surface area contributed by atoms with Gasteiger partial charge in [-0.25, -0.2) is 4.39 Å². The molecule has 3 rings (SSSR count). The van der Waals surface area contributed by atoms with Crippen LogP contribution in [0, 0.1) is 5.82 Å². The van der Waals surface area contributed by atoms with Gasteiger partial charge in [-0.2, -0.15) is 0 Å². The lowest BCUT2D eigenvalue weighted by atomic mass is 9.95. The Balaban J connectivity index is 2.03. The highest BCUT2D eigenvalue weighted by Gasteiger charge is 2.45. The zero-order valence-electron chi connectivity index (χ0n) is 19.0. The molecule has 2 aromatic carbocycles. The lowest BCUT2D eigenvalue weighted by Crippen LogP contribution is -2.38. The van der Waals surface area contributed by atoms with Crippen molar-refractivity contribution in [3.8, 4) is 5.75 Å². The lowest BCUT2D eigenvalue weighted by molar-refractivity contribution is -0.140. The Labute approximate surface area is 193 Å². The van der Waals surface area contributed by atoms with Gasteiger partial charge in [0, 0.05) is 18.7 Å². The van der Waals surface area contributed by atoms with Crippen LogP contribution in [0.15, 0.2) is 66.8 Å². The number of carbonyl (C=O) groups excluding carboxylic acids is 2. The topological polar surface area (TPSA) is 70.1 Å². The molecule has 6 nitrogen and oxygen atoms in total. The van der Waals surface area contributed by atoms with E-state index in [4.69, 9.17) is 4.74 Å². The van der Waals surface area contributed by atoms with Crippen LogP contribution in [0.4, 0.5) is 4.39 Å². The van der Waals surface area contributed by atoms with Crippen molar-refractivity contribution < 1.29 is 23.8 Å². The number of carbonyl (C=O) groups is 2. The molecule has 1 N–H and O–H groups in total. The number of amides is 1. The zero-order chi connectivity index (χ0) is 24.0. The SMILES string of the molecule is C=CCOc1ccc(/C(O)=C2/C(=O)C(=O)N(CCN(CC)CC)C2c2ccc(F)cc2)cc1. The Bertz CT molecular complexity index is 1030. The fraction of sp³-hybridized carbons (Fsp3) is 0.308. The van der Waals surface area contributed by atoms with Crippen LogP contribution in [0.1, 0.15) is 31.0 Å². The molecule has 0 aromatic heterocycles. The molecule has 2 aromatic rings. The number of nitrogens with zero attached hydrogens (tertiary/aromatic N) is 2. The van der Waals surface area contributed by atoms with Crippen LogP contribution >= 0.6 is 0 Å². The number of ketones is 1. The number of hydrogen-bond acceptors (Lipinski definition) is 5. The summed E-state index contributed by atoms with van der Waals surface area (Å²) in [5.41, 5.74) is 0.934. The first-order valence-corrected chi connectivity index (χ1v) is 11.0. The summed E-state index contributed by atoms with van der Waals surface area (Å²) >= 11 is 0. The number of likely N-dealkylation sites (N-methyl/N-ethyl adjacent to an activating group) is 1. The van der Waals surface area contributed by atoms with Crippen LogP contribution in [-0.4, -0.2) is 59.4 Å². The Hall–Kier alpha value is -3.45. The monoisotopic (exact) mass is 452 g/mol. The number of aliphatic hydroxyl groups is 1. The number of rotatable bonds is 10. The average molecular weight is 453 g/mol. The fourth-order valence-electron chi connectivity index (χ4n) is 3.91. The van der Waals surface area contributed by atoms with Crippen LogP contribution < -0.4 is 4.74 Å². The van der Waals surface area contributed by atoms with Crippen molar-refractivity contribution in [3.05, 3.63) is 83.7 Å². The second kappa shape index (κ2) is 10.9. The first-order chi connectivity index (χ1) is 15.9. The zero-order valence-corrected chi connectivity index (χ0v) is 19.0. The molecular formula is C26H29FN2O4. The number of aliphatic hydroxyl groups excluding tert-OH is 1. The highest BCUT2D eigenvalue weighted by Crippen LogP contribution is 2.39. The molecule has 1 amide bonds. The summed E-state index contributed by atoms with van der Waals surface area (Å²) in [4.78, 5) is 29.6. The number of ether oxygens (including phenoxy) is 1. The van der Waals surface area contributed by atoms with Crippen molar-refractivity contribution in [2.75, 3.05) is 32.8 Å². The minimum Gasteiger partial charge on any atom is -0.507 e. The maximum Gasteiger partial charge on any atom is 0.295 e. The normalized spacial score (nSPS) is 17.6. The number of benzene rings is 2. The molecule has 0 saturated carbocycles. The molecule has 0 spiro atoms. The predicted molar refractivity (Wildman–Crippen MR) is 125 cm³/mol. The van der Waals surface area contributed by atoms with Gasteiger partial charge in [-0.3, -0.25) is 9.59 Å². The van der Waals surface area contributed by atoms with Crippen LogP contribution in [0.5, 0.6) is 5.75 Å². The van der Waals surface area contributed by atoms with Crippen molar-refractivity contribution >= 4 is 17.4 Å². The highest BCUT2D eigenvalue weighted by molar-refractivity contribution is 6.46. The molecule has 1 aliphatic rings. The summed E-state index contributed by atoms with van der Waals surface area (Å²) < 4.78 is 19.0. The van der Waals surface area contributed by atoms with E-state index in [9.17, 15) is 19.1 Å². The quantitative estimate of drug-likeness (QED) is 0.254. The van der Waals surface area contributed by atoms with E-state index in [0.29, 0.717) is 36.6 Å². The lowest BCUT2D eigenvalue weighted by Gasteiger charge is -2.28. The van der Waals surface area contributed by atoms with E-state index in [-0.39, 0.29) is 11.3 Å². The van der Waals surface area contributed by atoms with Gasteiger partial charge >= 0.3 is 0 Å². The van der Waals surface area contributed by atoms with E-state index in [0.717, 1.165) is 13.1 Å². The van der Waals surface area contributed by atoms with Gasteiger partial charge in [0.2, 0.25) is 0 Å². The standard InChI is InChI=1S/C26H29FN2O4/c1-4-17-33-21-13-9-19(10-14-21)24(30)22-23(18-7-11-20(27)12-8-18)29(26(32)25(22)31)16-15-28(5-2)6-3/h4,7-14,23,30H,1,5-6,15-17H2,2-3H3/b24-22-. The van der Waals surface area contributed by atoms with Gasteiger partial charge in [-0.15, -0.1) is 0 Å². The number of hydrogen-bond donors (Lipinski definition) is 1. The van der Waals surface area contributed by atoms with Crippen molar-refractivity contribution in [2.45, 2.75) is 19.9 Å². The Morgan fingerprint density at radius 2 is 1.76 bits per heavy atom. The molecule has 1 heterocycles. The van der Waals surface area contributed by atoms with E-state index in [1.54, 1.807) is 30.3 Å². The third kappa shape index (κ3) is 5.31. The van der Waals surface area contributed by atoms with E-state index in [1.165, 1.54) is 29.2 Å². The number of halogens is 1. The van der Waals surface area contributed by atoms with Gasteiger partial charge in [0.05, 0.1) is 11.6 Å². The summed E-state index contributed by atoms with van der Waals surface area (Å²) in [6, 6.07) is 11.4. The van der Waals surface area contributed by atoms with Crippen molar-refractivity contribution in [3.63, 3.8) is 0 Å². The van der Waals surface area contributed by atoms with Gasteiger partial charge < -0.3 is 19.6 Å². The van der Waals surface area contributed by atoms with E-state index in [2.05, 4.69) is 11.5 Å². The third-order valence-electron chi connectivity index (χ3n) is 5.77. The Morgan fingerprint density at radius 3 is 2.33 bits per heavy atom. The molecule has 174 valence electrons. The summed E-state index contributed by atoms with van der Waals surface area (Å²) in [5.74, 6) is -1.55. The van der Waals surface area contributed by atoms with Crippen molar-refractivity contribution in [1.29, 1.82) is 0 Å². The van der Waals surface area contributed by atoms with Crippen molar-refractivity contribution in [1.82, 2.24) is 9.80 Å². The largest absolute Gasteiger partial charge is 0.507 e. The molecule has 1 unspecified atom stereocenters. The van der Waals surface area contributed by atoms with Gasteiger partial charge in [0.25, 0.3) is 11.7 Å². The summed E-state index contributed by atoms with van der Waals surface area (Å²) in [7, 11) is 0. The summed E-state index contributed by atoms with van der Waals surface area (Å²) in [6.45, 7) is 10.5. The minimum atomic E-state index is -0.808. The first-order valence-electron chi connectivity index (χ1n) is 11.0. The second-order valence-electron chi connectivity index (χ2n) is 7.69. The molecule has 7 heteroatoms. The molecule has 33 heavy (non-hydrogen) atoms. The minimum absolute atomic E-state index is 0.00841. The molecular weight excluding hydrogens is 423 g/mol. The van der Waals surface area contributed by atoms with Gasteiger partial charge in [0.1, 0.15) is 23.9 Å². The maximum absolute atomic E-state index is 13.6. The molecule has 0 bridgehead atoms. The van der Waals surface area contributed by atoms with E-state index >= 15 is 0 Å². The van der Waals surface area contributed by atoms with Crippen LogP contribution in [0.3, 0.4) is 0 Å². The Morgan fingerprint density at radius 1 is 1.12 bits per heavy atom. The highest BCUT2D eigenvalue weighted by atomic mass is 19.1. The van der Waals surface area contributed by atoms with Crippen LogP contribution in [-0.2, 0) is 9.59 Å². The second-order valence-corrected chi connectivity index (χ2v) is 7.69. The van der Waals surface area contributed by atoms with Crippen molar-refractivity contribution in [2.24, 2.45) is 0 Å².